The molecule has 0 saturated carbocycles. The van der Waals surface area contributed by atoms with E-state index in [4.69, 9.17) is 28.6 Å². The van der Waals surface area contributed by atoms with Crippen molar-refractivity contribution >= 4 is 46.8 Å². The van der Waals surface area contributed by atoms with E-state index in [9.17, 15) is 29.0 Å². The number of rotatable bonds is 7. The Bertz CT molecular complexity index is 1050. The number of nitrogens with one attached hydrogen (secondary N) is 3. The molecule has 0 unspecified atom stereocenters. The molecule has 2 aromatic carbocycles. The van der Waals surface area contributed by atoms with Gasteiger partial charge in [-0.25, -0.2) is 9.82 Å². The van der Waals surface area contributed by atoms with Crippen molar-refractivity contribution in [1.82, 2.24) is 10.7 Å². The minimum atomic E-state index is -1.30. The van der Waals surface area contributed by atoms with Crippen molar-refractivity contribution in [3.05, 3.63) is 77.3 Å². The van der Waals surface area contributed by atoms with Gasteiger partial charge in [-0.2, -0.15) is 9.49 Å². The first kappa shape index (κ1) is 22.9. The Kier molecular flexibility index (Phi) is 7.55. The lowest BCUT2D eigenvalue weighted by Gasteiger charge is -2.08. The molecule has 0 aromatic heterocycles. The average Bonchev–Trinajstić information content (AvgIpc) is 2.59. The summed E-state index contributed by atoms with van der Waals surface area (Å²) in [6.45, 7) is -0.0891. The first-order chi connectivity index (χ1) is 14.1. The van der Waals surface area contributed by atoms with Crippen molar-refractivity contribution in [1.29, 1.82) is 5.41 Å². The molecule has 0 atom stereocenters. The van der Waals surface area contributed by atoms with E-state index in [1.54, 1.807) is 0 Å². The topological polar surface area (TPSA) is 147 Å². The lowest BCUT2D eigenvalue weighted by Crippen LogP contribution is -2.34. The molecule has 0 radical (unpaired) electrons. The van der Waals surface area contributed by atoms with Crippen LogP contribution in [0.1, 0.15) is 11.1 Å². The van der Waals surface area contributed by atoms with Gasteiger partial charge in [0.1, 0.15) is 10.8 Å². The van der Waals surface area contributed by atoms with Gasteiger partial charge in [0, 0.05) is 23.2 Å². The Labute approximate surface area is 177 Å². The molecule has 0 amide bonds. The molecule has 0 saturated heterocycles. The first-order valence-electron chi connectivity index (χ1n) is 7.97. The van der Waals surface area contributed by atoms with Crippen molar-refractivity contribution < 1.29 is 18.6 Å². The normalized spacial score (nSPS) is 10.8. The minimum absolute atomic E-state index is 0.0105. The van der Waals surface area contributed by atoms with E-state index in [1.807, 2.05) is 0 Å². The molecule has 0 spiro atoms. The fourth-order valence-corrected chi connectivity index (χ4v) is 3.00. The van der Waals surface area contributed by atoms with Crippen LogP contribution in [0, 0.1) is 37.3 Å². The summed E-state index contributed by atoms with van der Waals surface area (Å²) in [6.07, 6.45) is 0.868. The fraction of sp³-hybridized carbons (Fsp3) is 0.125. The highest BCUT2D eigenvalue weighted by Gasteiger charge is 2.21. The summed E-state index contributed by atoms with van der Waals surface area (Å²) >= 11 is 11.6. The number of halogens is 4. The standard InChI is InChI=1S/C16H12Cl2F2N6O4/c17-10-3-9(14(25(27)28)12(18)5-10)7-23-24-16(21)22-2-1-8-4-11(19)6-13(20)15(8)26(29)30/h3-7H,1-2H2,(H3,21,22,24)/b23-7+. The molecule has 2 rings (SSSR count). The lowest BCUT2D eigenvalue weighted by molar-refractivity contribution is -0.388. The van der Waals surface area contributed by atoms with Crippen LogP contribution in [0.4, 0.5) is 20.2 Å². The summed E-state index contributed by atoms with van der Waals surface area (Å²) in [6, 6.07) is 3.70. The van der Waals surface area contributed by atoms with E-state index < -0.39 is 32.9 Å². The highest BCUT2D eigenvalue weighted by molar-refractivity contribution is 6.36. The van der Waals surface area contributed by atoms with Crippen LogP contribution in [-0.2, 0) is 6.42 Å². The minimum Gasteiger partial charge on any atom is -0.355 e. The molecule has 0 aliphatic carbocycles. The van der Waals surface area contributed by atoms with Crippen molar-refractivity contribution in [3.63, 3.8) is 0 Å². The van der Waals surface area contributed by atoms with Crippen LogP contribution in [0.2, 0.25) is 10.0 Å². The van der Waals surface area contributed by atoms with Crippen LogP contribution in [0.15, 0.2) is 29.4 Å². The summed E-state index contributed by atoms with van der Waals surface area (Å²) in [5, 5.41) is 35.8. The largest absolute Gasteiger partial charge is 0.355 e. The second kappa shape index (κ2) is 9.89. The van der Waals surface area contributed by atoms with Gasteiger partial charge < -0.3 is 5.32 Å². The molecule has 14 heteroatoms. The van der Waals surface area contributed by atoms with Crippen LogP contribution in [0.25, 0.3) is 0 Å². The molecule has 0 heterocycles. The molecule has 10 nitrogen and oxygen atoms in total. The van der Waals surface area contributed by atoms with E-state index >= 15 is 0 Å². The summed E-state index contributed by atoms with van der Waals surface area (Å²) in [4.78, 5) is 20.4. The number of nitrogens with zero attached hydrogens (tertiary/aromatic N) is 3. The van der Waals surface area contributed by atoms with Gasteiger partial charge in [0.25, 0.3) is 5.69 Å². The molecular weight excluding hydrogens is 449 g/mol. The van der Waals surface area contributed by atoms with Crippen molar-refractivity contribution in [2.24, 2.45) is 5.10 Å². The van der Waals surface area contributed by atoms with Gasteiger partial charge in [-0.05, 0) is 24.6 Å². The maximum atomic E-state index is 13.6. The molecule has 0 aliphatic heterocycles. The van der Waals surface area contributed by atoms with Crippen LogP contribution >= 0.6 is 23.2 Å². The molecule has 0 fully saturated rings. The summed E-state index contributed by atoms with van der Waals surface area (Å²) < 4.78 is 26.9. The van der Waals surface area contributed by atoms with E-state index in [1.165, 1.54) is 12.1 Å². The van der Waals surface area contributed by atoms with Crippen molar-refractivity contribution in [3.8, 4) is 0 Å². The number of hydrazone groups is 1. The number of hydrogen-bond donors (Lipinski definition) is 3. The Morgan fingerprint density at radius 3 is 2.43 bits per heavy atom. The number of benzene rings is 2. The third-order valence-corrected chi connectivity index (χ3v) is 4.11. The molecule has 3 N–H and O–H groups in total. The second-order valence-electron chi connectivity index (χ2n) is 5.66. The monoisotopic (exact) mass is 460 g/mol. The Balaban J connectivity index is 1.99. The second-order valence-corrected chi connectivity index (χ2v) is 6.50. The van der Waals surface area contributed by atoms with Crippen LogP contribution in [-0.4, -0.2) is 28.6 Å². The predicted molar refractivity (Wildman–Crippen MR) is 106 cm³/mol. The molecule has 30 heavy (non-hydrogen) atoms. The van der Waals surface area contributed by atoms with Gasteiger partial charge in [0.15, 0.2) is 0 Å². The van der Waals surface area contributed by atoms with Gasteiger partial charge in [0.2, 0.25) is 11.8 Å². The zero-order chi connectivity index (χ0) is 22.4. The maximum Gasteiger partial charge on any atom is 0.308 e. The number of hydrogen-bond acceptors (Lipinski definition) is 6. The summed E-state index contributed by atoms with van der Waals surface area (Å²) in [7, 11) is 0. The third kappa shape index (κ3) is 5.81. The van der Waals surface area contributed by atoms with E-state index in [0.717, 1.165) is 12.3 Å². The predicted octanol–water partition coefficient (Wildman–Crippen LogP) is 3.78. The molecule has 0 aliphatic rings. The Morgan fingerprint density at radius 2 is 1.80 bits per heavy atom. The SMILES string of the molecule is N=C(NCCc1cc(F)cc(F)c1[N+](=O)[O-])N/N=C/c1cc(Cl)cc(Cl)c1[N+](=O)[O-]. The molecular formula is C16H12Cl2F2N6O4. The molecule has 158 valence electrons. The first-order valence-corrected chi connectivity index (χ1v) is 8.73. The number of nitro benzene ring substituents is 2. The Hall–Kier alpha value is -3.38. The highest BCUT2D eigenvalue weighted by atomic mass is 35.5. The fourth-order valence-electron chi connectivity index (χ4n) is 2.42. The lowest BCUT2D eigenvalue weighted by atomic mass is 10.1. The van der Waals surface area contributed by atoms with E-state index in [2.05, 4.69) is 15.8 Å². The zero-order valence-corrected chi connectivity index (χ0v) is 16.3. The third-order valence-electron chi connectivity index (χ3n) is 3.61. The highest BCUT2D eigenvalue weighted by Crippen LogP contribution is 2.31. The van der Waals surface area contributed by atoms with Crippen LogP contribution in [0.5, 0.6) is 0 Å². The van der Waals surface area contributed by atoms with Gasteiger partial charge in [0.05, 0.1) is 21.6 Å². The van der Waals surface area contributed by atoms with Gasteiger partial charge in [-0.3, -0.25) is 25.6 Å². The average molecular weight is 461 g/mol. The van der Waals surface area contributed by atoms with Gasteiger partial charge in [-0.15, -0.1) is 0 Å². The van der Waals surface area contributed by atoms with Crippen molar-refractivity contribution in [2.75, 3.05) is 6.54 Å². The van der Waals surface area contributed by atoms with Crippen LogP contribution in [0.3, 0.4) is 0 Å². The summed E-state index contributed by atoms with van der Waals surface area (Å²) in [5.41, 5.74) is 0.763. The number of guanidine groups is 1. The van der Waals surface area contributed by atoms with Crippen LogP contribution < -0.4 is 10.7 Å². The number of nitro groups is 2. The zero-order valence-electron chi connectivity index (χ0n) is 14.8. The maximum absolute atomic E-state index is 13.6. The quantitative estimate of drug-likeness (QED) is 0.248. The van der Waals surface area contributed by atoms with Crippen molar-refractivity contribution in [2.45, 2.75) is 6.42 Å². The Morgan fingerprint density at radius 1 is 1.13 bits per heavy atom. The van der Waals surface area contributed by atoms with Gasteiger partial charge in [-0.1, -0.05) is 23.2 Å². The summed E-state index contributed by atoms with van der Waals surface area (Å²) in [5.74, 6) is -2.64. The smallest absolute Gasteiger partial charge is 0.308 e. The molecule has 2 aromatic rings. The van der Waals surface area contributed by atoms with E-state index in [-0.39, 0.29) is 40.1 Å². The van der Waals surface area contributed by atoms with Gasteiger partial charge >= 0.3 is 5.69 Å². The van der Waals surface area contributed by atoms with E-state index in [0.29, 0.717) is 6.07 Å². The molecule has 0 bridgehead atoms.